The number of rotatable bonds is 2. The molecule has 0 spiro atoms. The highest BCUT2D eigenvalue weighted by atomic mass is 127. The van der Waals surface area contributed by atoms with Gasteiger partial charge in [0.05, 0.1) is 21.4 Å². The van der Waals surface area contributed by atoms with Crippen LogP contribution in [0.4, 0.5) is 5.69 Å². The van der Waals surface area contributed by atoms with Crippen LogP contribution >= 0.6 is 33.9 Å². The van der Waals surface area contributed by atoms with Crippen LogP contribution < -0.4 is 5.32 Å². The van der Waals surface area contributed by atoms with Gasteiger partial charge in [0.25, 0.3) is 5.91 Å². The zero-order chi connectivity index (χ0) is 13.2. The summed E-state index contributed by atoms with van der Waals surface area (Å²) in [6.45, 7) is 0. The largest absolute Gasteiger partial charge is 0.321 e. The van der Waals surface area contributed by atoms with Crippen molar-refractivity contribution in [1.29, 1.82) is 0 Å². The lowest BCUT2D eigenvalue weighted by atomic mass is 10.2. The SMILES string of the molecule is O=C(Nc1ccccc1I)c1ccc2ncsc2c1. The van der Waals surface area contributed by atoms with E-state index in [9.17, 15) is 4.79 Å². The van der Waals surface area contributed by atoms with Gasteiger partial charge in [0, 0.05) is 9.13 Å². The van der Waals surface area contributed by atoms with Crippen molar-refractivity contribution in [3.63, 3.8) is 0 Å². The molecule has 1 amide bonds. The first-order chi connectivity index (χ1) is 9.24. The molecule has 94 valence electrons. The van der Waals surface area contributed by atoms with Gasteiger partial charge in [0.1, 0.15) is 0 Å². The molecule has 19 heavy (non-hydrogen) atoms. The maximum atomic E-state index is 12.2. The minimum absolute atomic E-state index is 0.0978. The van der Waals surface area contributed by atoms with Crippen LogP contribution in [-0.4, -0.2) is 10.9 Å². The Balaban J connectivity index is 1.89. The number of amides is 1. The molecule has 3 rings (SSSR count). The second-order valence-corrected chi connectivity index (χ2v) is 6.02. The fourth-order valence-electron chi connectivity index (χ4n) is 1.75. The Hall–Kier alpha value is -1.47. The summed E-state index contributed by atoms with van der Waals surface area (Å²) < 4.78 is 2.04. The molecular formula is C14H9IN2OS. The molecule has 0 fully saturated rings. The zero-order valence-corrected chi connectivity index (χ0v) is 12.7. The third-order valence-electron chi connectivity index (χ3n) is 2.72. The molecule has 0 atom stereocenters. The van der Waals surface area contributed by atoms with Crippen molar-refractivity contribution in [1.82, 2.24) is 4.98 Å². The second kappa shape index (κ2) is 5.26. The van der Waals surface area contributed by atoms with E-state index in [1.54, 1.807) is 11.6 Å². The first-order valence-electron chi connectivity index (χ1n) is 5.63. The Kier molecular flexibility index (Phi) is 3.48. The maximum absolute atomic E-state index is 12.2. The maximum Gasteiger partial charge on any atom is 0.255 e. The predicted octanol–water partition coefficient (Wildman–Crippen LogP) is 4.15. The van der Waals surface area contributed by atoms with Crippen LogP contribution in [0.2, 0.25) is 0 Å². The van der Waals surface area contributed by atoms with E-state index in [1.807, 2.05) is 36.4 Å². The van der Waals surface area contributed by atoms with Gasteiger partial charge in [-0.05, 0) is 52.9 Å². The van der Waals surface area contributed by atoms with E-state index >= 15 is 0 Å². The molecule has 0 unspecified atom stereocenters. The summed E-state index contributed by atoms with van der Waals surface area (Å²) in [5.41, 5.74) is 4.19. The Labute approximate surface area is 127 Å². The number of aromatic nitrogens is 1. The van der Waals surface area contributed by atoms with E-state index < -0.39 is 0 Å². The number of fused-ring (bicyclic) bond motifs is 1. The number of para-hydroxylation sites is 1. The fourth-order valence-corrected chi connectivity index (χ4v) is 2.99. The quantitative estimate of drug-likeness (QED) is 0.679. The zero-order valence-electron chi connectivity index (χ0n) is 9.76. The van der Waals surface area contributed by atoms with Crippen molar-refractivity contribution < 1.29 is 4.79 Å². The average Bonchev–Trinajstić information content (AvgIpc) is 2.88. The van der Waals surface area contributed by atoms with E-state index in [0.29, 0.717) is 5.56 Å². The van der Waals surface area contributed by atoms with E-state index in [-0.39, 0.29) is 5.91 Å². The van der Waals surface area contributed by atoms with Gasteiger partial charge in [-0.2, -0.15) is 0 Å². The molecule has 0 radical (unpaired) electrons. The van der Waals surface area contributed by atoms with Crippen molar-refractivity contribution in [2.24, 2.45) is 0 Å². The first-order valence-corrected chi connectivity index (χ1v) is 7.59. The number of nitrogens with zero attached hydrogens (tertiary/aromatic N) is 1. The first kappa shape index (κ1) is 12.6. The lowest BCUT2D eigenvalue weighted by Gasteiger charge is -2.07. The molecule has 1 N–H and O–H groups in total. The van der Waals surface area contributed by atoms with Gasteiger partial charge in [-0.3, -0.25) is 4.79 Å². The number of nitrogens with one attached hydrogen (secondary N) is 1. The highest BCUT2D eigenvalue weighted by Crippen LogP contribution is 2.21. The summed E-state index contributed by atoms with van der Waals surface area (Å²) in [4.78, 5) is 16.4. The highest BCUT2D eigenvalue weighted by Gasteiger charge is 2.09. The standard InChI is InChI=1S/C14H9IN2OS/c15-10-3-1-2-4-11(10)17-14(18)9-5-6-12-13(7-9)19-8-16-12/h1-8H,(H,17,18). The van der Waals surface area contributed by atoms with Crippen molar-refractivity contribution in [3.8, 4) is 0 Å². The number of carbonyl (C=O) groups excluding carboxylic acids is 1. The lowest BCUT2D eigenvalue weighted by molar-refractivity contribution is 0.102. The van der Waals surface area contributed by atoms with Gasteiger partial charge in [-0.15, -0.1) is 11.3 Å². The molecule has 5 heteroatoms. The summed E-state index contributed by atoms with van der Waals surface area (Å²) in [5.74, 6) is -0.0978. The van der Waals surface area contributed by atoms with E-state index in [0.717, 1.165) is 19.5 Å². The minimum atomic E-state index is -0.0978. The van der Waals surface area contributed by atoms with Crippen molar-refractivity contribution in [2.75, 3.05) is 5.32 Å². The van der Waals surface area contributed by atoms with Gasteiger partial charge in [0.15, 0.2) is 0 Å². The lowest BCUT2D eigenvalue weighted by Crippen LogP contribution is -2.12. The smallest absolute Gasteiger partial charge is 0.255 e. The molecule has 1 aromatic heterocycles. The van der Waals surface area contributed by atoms with E-state index in [4.69, 9.17) is 0 Å². The summed E-state index contributed by atoms with van der Waals surface area (Å²) in [7, 11) is 0. The van der Waals surface area contributed by atoms with Crippen LogP contribution in [0.25, 0.3) is 10.2 Å². The molecule has 0 saturated heterocycles. The summed E-state index contributed by atoms with van der Waals surface area (Å²) in [5, 5.41) is 2.92. The van der Waals surface area contributed by atoms with Crippen LogP contribution in [0, 0.1) is 3.57 Å². The van der Waals surface area contributed by atoms with Crippen molar-refractivity contribution >= 4 is 55.7 Å². The number of hydrogen-bond donors (Lipinski definition) is 1. The Morgan fingerprint density at radius 3 is 2.89 bits per heavy atom. The third kappa shape index (κ3) is 2.62. The monoisotopic (exact) mass is 380 g/mol. The summed E-state index contributed by atoms with van der Waals surface area (Å²) in [6, 6.07) is 13.3. The number of hydrogen-bond acceptors (Lipinski definition) is 3. The molecule has 0 bridgehead atoms. The predicted molar refractivity (Wildman–Crippen MR) is 86.7 cm³/mol. The van der Waals surface area contributed by atoms with Crippen LogP contribution in [0.1, 0.15) is 10.4 Å². The topological polar surface area (TPSA) is 42.0 Å². The number of thiazole rings is 1. The van der Waals surface area contributed by atoms with Crippen LogP contribution in [0.15, 0.2) is 48.0 Å². The molecule has 0 aliphatic rings. The number of benzene rings is 2. The van der Waals surface area contributed by atoms with E-state index in [1.165, 1.54) is 11.3 Å². The molecule has 3 nitrogen and oxygen atoms in total. The Bertz CT molecular complexity index is 754. The molecule has 1 heterocycles. The number of anilines is 1. The van der Waals surface area contributed by atoms with Crippen molar-refractivity contribution in [2.45, 2.75) is 0 Å². The van der Waals surface area contributed by atoms with Gasteiger partial charge in [-0.1, -0.05) is 12.1 Å². The highest BCUT2D eigenvalue weighted by molar-refractivity contribution is 14.1. The average molecular weight is 380 g/mol. The molecule has 3 aromatic rings. The van der Waals surface area contributed by atoms with Crippen LogP contribution in [0.3, 0.4) is 0 Å². The van der Waals surface area contributed by atoms with Gasteiger partial charge in [-0.25, -0.2) is 4.98 Å². The van der Waals surface area contributed by atoms with Gasteiger partial charge < -0.3 is 5.32 Å². The Morgan fingerprint density at radius 2 is 2.05 bits per heavy atom. The summed E-state index contributed by atoms with van der Waals surface area (Å²) >= 11 is 3.74. The Morgan fingerprint density at radius 1 is 1.21 bits per heavy atom. The van der Waals surface area contributed by atoms with E-state index in [2.05, 4.69) is 32.9 Å². The van der Waals surface area contributed by atoms with Crippen LogP contribution in [0.5, 0.6) is 0 Å². The number of carbonyl (C=O) groups is 1. The van der Waals surface area contributed by atoms with Gasteiger partial charge in [0.2, 0.25) is 0 Å². The van der Waals surface area contributed by atoms with Gasteiger partial charge >= 0.3 is 0 Å². The minimum Gasteiger partial charge on any atom is -0.321 e. The third-order valence-corrected chi connectivity index (χ3v) is 4.45. The normalized spacial score (nSPS) is 10.6. The summed E-state index contributed by atoms with van der Waals surface area (Å²) in [6.07, 6.45) is 0. The second-order valence-electron chi connectivity index (χ2n) is 3.97. The molecule has 0 aliphatic carbocycles. The molecule has 2 aromatic carbocycles. The molecule has 0 aliphatic heterocycles. The van der Waals surface area contributed by atoms with Crippen LogP contribution in [-0.2, 0) is 0 Å². The number of halogens is 1. The fraction of sp³-hybridized carbons (Fsp3) is 0. The molecular weight excluding hydrogens is 371 g/mol. The molecule has 0 saturated carbocycles. The van der Waals surface area contributed by atoms with Crippen molar-refractivity contribution in [3.05, 3.63) is 57.1 Å².